The zero-order valence-corrected chi connectivity index (χ0v) is 12.1. The molecule has 1 unspecified atom stereocenters. The van der Waals surface area contributed by atoms with Gasteiger partial charge in [0.1, 0.15) is 0 Å². The molecule has 0 aromatic heterocycles. The minimum atomic E-state index is 0.300. The van der Waals surface area contributed by atoms with Crippen molar-refractivity contribution in [3.05, 3.63) is 34.9 Å². The highest BCUT2D eigenvalue weighted by molar-refractivity contribution is 7.99. The van der Waals surface area contributed by atoms with Crippen LogP contribution in [0.5, 0.6) is 0 Å². The van der Waals surface area contributed by atoms with Gasteiger partial charge in [-0.25, -0.2) is 0 Å². The molecule has 0 amide bonds. The fourth-order valence-corrected chi connectivity index (χ4v) is 3.61. The second-order valence-electron chi connectivity index (χ2n) is 4.61. The summed E-state index contributed by atoms with van der Waals surface area (Å²) in [5, 5.41) is 9.67. The predicted molar refractivity (Wildman–Crippen MR) is 79.4 cm³/mol. The van der Waals surface area contributed by atoms with Gasteiger partial charge in [0.05, 0.1) is 0 Å². The molecule has 0 radical (unpaired) electrons. The molecule has 1 heterocycles. The molecular formula is C14H20ClNOS. The molecule has 100 valence electrons. The third-order valence-electron chi connectivity index (χ3n) is 3.35. The molecule has 0 aliphatic carbocycles. The van der Waals surface area contributed by atoms with Crippen molar-refractivity contribution in [3.63, 3.8) is 0 Å². The van der Waals surface area contributed by atoms with Crippen LogP contribution in [0.1, 0.15) is 24.4 Å². The van der Waals surface area contributed by atoms with E-state index in [4.69, 9.17) is 16.7 Å². The van der Waals surface area contributed by atoms with E-state index < -0.39 is 0 Å². The molecular weight excluding hydrogens is 266 g/mol. The van der Waals surface area contributed by atoms with Crippen molar-refractivity contribution >= 4 is 23.4 Å². The van der Waals surface area contributed by atoms with E-state index >= 15 is 0 Å². The summed E-state index contributed by atoms with van der Waals surface area (Å²) >= 11 is 7.96. The van der Waals surface area contributed by atoms with E-state index in [1.807, 2.05) is 23.9 Å². The predicted octanol–water partition coefficient (Wildman–Crippen LogP) is 3.20. The summed E-state index contributed by atoms with van der Waals surface area (Å²) in [6.45, 7) is 2.52. The number of rotatable bonds is 5. The van der Waals surface area contributed by atoms with Crippen LogP contribution in [0.3, 0.4) is 0 Å². The Kier molecular flexibility index (Phi) is 5.83. The molecule has 2 rings (SSSR count). The molecule has 1 fully saturated rings. The van der Waals surface area contributed by atoms with Crippen molar-refractivity contribution < 1.29 is 5.11 Å². The highest BCUT2D eigenvalue weighted by Crippen LogP contribution is 2.30. The van der Waals surface area contributed by atoms with E-state index in [1.54, 1.807) is 0 Å². The molecule has 1 aromatic rings. The SMILES string of the molecule is OCCCCN1CCSCC1c1ccc(Cl)cc1. The number of hydrogen-bond donors (Lipinski definition) is 1. The maximum Gasteiger partial charge on any atom is 0.0438 e. The molecule has 1 saturated heterocycles. The minimum absolute atomic E-state index is 0.300. The fourth-order valence-electron chi connectivity index (χ4n) is 2.32. The molecule has 1 aliphatic rings. The quantitative estimate of drug-likeness (QED) is 0.841. The standard InChI is InChI=1S/C14H20ClNOS/c15-13-5-3-12(4-6-13)14-11-18-10-8-16(14)7-1-2-9-17/h3-6,14,17H,1-2,7-11H2. The third-order valence-corrected chi connectivity index (χ3v) is 4.62. The third kappa shape index (κ3) is 3.89. The van der Waals surface area contributed by atoms with Crippen LogP contribution < -0.4 is 0 Å². The smallest absolute Gasteiger partial charge is 0.0438 e. The monoisotopic (exact) mass is 285 g/mol. The Labute approximate surface area is 118 Å². The van der Waals surface area contributed by atoms with Gasteiger partial charge < -0.3 is 5.11 Å². The van der Waals surface area contributed by atoms with Crippen LogP contribution >= 0.6 is 23.4 Å². The summed E-state index contributed by atoms with van der Waals surface area (Å²) < 4.78 is 0. The molecule has 0 saturated carbocycles. The van der Waals surface area contributed by atoms with E-state index in [-0.39, 0.29) is 0 Å². The van der Waals surface area contributed by atoms with Gasteiger partial charge in [0.2, 0.25) is 0 Å². The average Bonchev–Trinajstić information content (AvgIpc) is 2.41. The lowest BCUT2D eigenvalue weighted by Gasteiger charge is -2.35. The van der Waals surface area contributed by atoms with Crippen LogP contribution in [0.15, 0.2) is 24.3 Å². The summed E-state index contributed by atoms with van der Waals surface area (Å²) in [6.07, 6.45) is 1.97. The summed E-state index contributed by atoms with van der Waals surface area (Å²) in [5.74, 6) is 2.37. The number of thioether (sulfide) groups is 1. The van der Waals surface area contributed by atoms with Crippen LogP contribution in [-0.4, -0.2) is 41.2 Å². The van der Waals surface area contributed by atoms with Crippen molar-refractivity contribution in [3.8, 4) is 0 Å². The highest BCUT2D eigenvalue weighted by atomic mass is 35.5. The van der Waals surface area contributed by atoms with Gasteiger partial charge >= 0.3 is 0 Å². The topological polar surface area (TPSA) is 23.5 Å². The van der Waals surface area contributed by atoms with Crippen molar-refractivity contribution in [2.45, 2.75) is 18.9 Å². The van der Waals surface area contributed by atoms with Crippen molar-refractivity contribution in [1.82, 2.24) is 4.90 Å². The largest absolute Gasteiger partial charge is 0.396 e. The van der Waals surface area contributed by atoms with Gasteiger partial charge in [-0.1, -0.05) is 23.7 Å². The molecule has 0 bridgehead atoms. The minimum Gasteiger partial charge on any atom is -0.396 e. The average molecular weight is 286 g/mol. The summed E-state index contributed by atoms with van der Waals surface area (Å²) in [4.78, 5) is 2.54. The maximum absolute atomic E-state index is 8.87. The van der Waals surface area contributed by atoms with Crippen molar-refractivity contribution in [2.24, 2.45) is 0 Å². The lowest BCUT2D eigenvalue weighted by atomic mass is 10.1. The van der Waals surface area contributed by atoms with E-state index in [9.17, 15) is 0 Å². The second-order valence-corrected chi connectivity index (χ2v) is 6.20. The Morgan fingerprint density at radius 1 is 1.28 bits per heavy atom. The van der Waals surface area contributed by atoms with Gasteiger partial charge in [0, 0.05) is 35.7 Å². The number of unbranched alkanes of at least 4 members (excludes halogenated alkanes) is 1. The van der Waals surface area contributed by atoms with E-state index in [2.05, 4.69) is 17.0 Å². The molecule has 1 N–H and O–H groups in total. The number of benzene rings is 1. The summed E-state index contributed by atoms with van der Waals surface area (Å²) in [6, 6.07) is 8.72. The molecule has 18 heavy (non-hydrogen) atoms. The van der Waals surface area contributed by atoms with Gasteiger partial charge in [-0.2, -0.15) is 11.8 Å². The van der Waals surface area contributed by atoms with Gasteiger partial charge in [-0.05, 0) is 37.1 Å². The first kappa shape index (κ1) is 14.2. The molecule has 1 atom stereocenters. The van der Waals surface area contributed by atoms with Crippen LogP contribution in [0.4, 0.5) is 0 Å². The van der Waals surface area contributed by atoms with Gasteiger partial charge in [0.15, 0.2) is 0 Å². The van der Waals surface area contributed by atoms with Gasteiger partial charge in [-0.3, -0.25) is 4.90 Å². The lowest BCUT2D eigenvalue weighted by molar-refractivity contribution is 0.205. The zero-order chi connectivity index (χ0) is 12.8. The highest BCUT2D eigenvalue weighted by Gasteiger charge is 2.23. The number of aliphatic hydroxyl groups excluding tert-OH is 1. The van der Waals surface area contributed by atoms with E-state index in [0.29, 0.717) is 12.6 Å². The van der Waals surface area contributed by atoms with Crippen LogP contribution in [-0.2, 0) is 0 Å². The van der Waals surface area contributed by atoms with Crippen molar-refractivity contribution in [1.29, 1.82) is 0 Å². The van der Waals surface area contributed by atoms with Crippen LogP contribution in [0.2, 0.25) is 5.02 Å². The zero-order valence-electron chi connectivity index (χ0n) is 10.5. The summed E-state index contributed by atoms with van der Waals surface area (Å²) in [5.41, 5.74) is 1.36. The molecule has 1 aromatic carbocycles. The first-order valence-corrected chi connectivity index (χ1v) is 8.02. The first-order chi connectivity index (χ1) is 8.81. The Morgan fingerprint density at radius 3 is 2.78 bits per heavy atom. The van der Waals surface area contributed by atoms with E-state index in [0.717, 1.165) is 36.7 Å². The Morgan fingerprint density at radius 2 is 2.06 bits per heavy atom. The molecule has 4 heteroatoms. The summed E-state index contributed by atoms with van der Waals surface area (Å²) in [7, 11) is 0. The normalized spacial score (nSPS) is 21.1. The van der Waals surface area contributed by atoms with Crippen molar-refractivity contribution in [2.75, 3.05) is 31.2 Å². The molecule has 2 nitrogen and oxygen atoms in total. The number of halogens is 1. The Balaban J connectivity index is 2.00. The number of hydrogen-bond acceptors (Lipinski definition) is 3. The number of aliphatic hydroxyl groups is 1. The Hall–Kier alpha value is -0.220. The van der Waals surface area contributed by atoms with Crippen LogP contribution in [0, 0.1) is 0 Å². The number of nitrogens with zero attached hydrogens (tertiary/aromatic N) is 1. The fraction of sp³-hybridized carbons (Fsp3) is 0.571. The van der Waals surface area contributed by atoms with E-state index in [1.165, 1.54) is 11.3 Å². The maximum atomic E-state index is 8.87. The second kappa shape index (κ2) is 7.39. The molecule has 1 aliphatic heterocycles. The molecule has 0 spiro atoms. The first-order valence-electron chi connectivity index (χ1n) is 6.49. The van der Waals surface area contributed by atoms with Crippen LogP contribution in [0.25, 0.3) is 0 Å². The van der Waals surface area contributed by atoms with Gasteiger partial charge in [-0.15, -0.1) is 0 Å². The Bertz CT molecular complexity index is 357. The lowest BCUT2D eigenvalue weighted by Crippen LogP contribution is -2.36. The van der Waals surface area contributed by atoms with Gasteiger partial charge in [0.25, 0.3) is 0 Å².